The Hall–Kier alpha value is -0.300. The van der Waals surface area contributed by atoms with Gasteiger partial charge in [0.05, 0.1) is 12.2 Å². The molecule has 1 unspecified atom stereocenters. The van der Waals surface area contributed by atoms with Crippen molar-refractivity contribution in [1.82, 2.24) is 0 Å². The van der Waals surface area contributed by atoms with Crippen molar-refractivity contribution in [3.05, 3.63) is 11.6 Å². The summed E-state index contributed by atoms with van der Waals surface area (Å²) in [5.74, 6) is 0.797. The molecule has 0 bridgehead atoms. The zero-order valence-corrected chi connectivity index (χ0v) is 7.39. The fourth-order valence-corrected chi connectivity index (χ4v) is 1.87. The Morgan fingerprint density at radius 2 is 2.36 bits per heavy atom. The quantitative estimate of drug-likeness (QED) is 0.415. The van der Waals surface area contributed by atoms with Crippen molar-refractivity contribution in [2.24, 2.45) is 5.92 Å². The molecule has 1 heterocycles. The minimum atomic E-state index is 0.261. The molecule has 1 nitrogen and oxygen atoms in total. The first-order chi connectivity index (χ1) is 5.21. The minimum absolute atomic E-state index is 0.261. The van der Waals surface area contributed by atoms with Crippen LogP contribution < -0.4 is 0 Å². The van der Waals surface area contributed by atoms with E-state index in [4.69, 9.17) is 4.74 Å². The molecule has 62 valence electrons. The normalized spacial score (nSPS) is 43.5. The second-order valence-corrected chi connectivity index (χ2v) is 4.12. The summed E-state index contributed by atoms with van der Waals surface area (Å²) in [4.78, 5) is 0. The lowest BCUT2D eigenvalue weighted by atomic mass is 9.82. The Balaban J connectivity index is 1.98. The minimum Gasteiger partial charge on any atom is -0.370 e. The van der Waals surface area contributed by atoms with Gasteiger partial charge in [0.25, 0.3) is 0 Å². The van der Waals surface area contributed by atoms with Crippen molar-refractivity contribution in [3.63, 3.8) is 0 Å². The molecule has 0 amide bonds. The molecule has 0 aromatic carbocycles. The van der Waals surface area contributed by atoms with E-state index in [1.54, 1.807) is 5.57 Å². The van der Waals surface area contributed by atoms with Crippen LogP contribution in [0.4, 0.5) is 0 Å². The molecule has 0 spiro atoms. The predicted molar refractivity (Wildman–Crippen MR) is 45.5 cm³/mol. The lowest BCUT2D eigenvalue weighted by Crippen LogP contribution is -2.22. The zero-order valence-electron chi connectivity index (χ0n) is 7.39. The first-order valence-electron chi connectivity index (χ1n) is 4.50. The van der Waals surface area contributed by atoms with Crippen molar-refractivity contribution in [1.29, 1.82) is 0 Å². The van der Waals surface area contributed by atoms with E-state index in [1.807, 2.05) is 0 Å². The molecule has 0 aromatic heterocycles. The average molecular weight is 152 g/mol. The van der Waals surface area contributed by atoms with E-state index < -0.39 is 0 Å². The van der Waals surface area contributed by atoms with Gasteiger partial charge in [-0.15, -0.1) is 0 Å². The maximum absolute atomic E-state index is 5.44. The van der Waals surface area contributed by atoms with Gasteiger partial charge in [-0.2, -0.15) is 0 Å². The maximum Gasteiger partial charge on any atom is 0.0919 e. The lowest BCUT2D eigenvalue weighted by Gasteiger charge is -2.23. The van der Waals surface area contributed by atoms with Crippen LogP contribution in [0, 0.1) is 5.92 Å². The van der Waals surface area contributed by atoms with Gasteiger partial charge in [-0.25, -0.2) is 0 Å². The molecule has 2 rings (SSSR count). The average Bonchev–Trinajstić information content (AvgIpc) is 2.70. The van der Waals surface area contributed by atoms with Crippen LogP contribution in [0.1, 0.15) is 33.1 Å². The topological polar surface area (TPSA) is 12.5 Å². The van der Waals surface area contributed by atoms with E-state index in [9.17, 15) is 0 Å². The van der Waals surface area contributed by atoms with E-state index in [2.05, 4.69) is 19.9 Å². The Morgan fingerprint density at radius 3 is 2.82 bits per heavy atom. The Morgan fingerprint density at radius 1 is 1.64 bits per heavy atom. The Labute approximate surface area is 68.4 Å². The zero-order chi connectivity index (χ0) is 7.90. The first-order valence-corrected chi connectivity index (χ1v) is 4.50. The summed E-state index contributed by atoms with van der Waals surface area (Å²) in [6, 6.07) is 0. The van der Waals surface area contributed by atoms with Crippen LogP contribution in [-0.2, 0) is 4.74 Å². The molecule has 1 saturated heterocycles. The molecule has 1 heteroatoms. The van der Waals surface area contributed by atoms with Crippen LogP contribution in [-0.4, -0.2) is 12.2 Å². The number of ether oxygens (including phenoxy) is 1. The van der Waals surface area contributed by atoms with Crippen molar-refractivity contribution in [3.8, 4) is 0 Å². The van der Waals surface area contributed by atoms with Crippen molar-refractivity contribution in [2.45, 2.75) is 38.7 Å². The van der Waals surface area contributed by atoms with E-state index in [1.165, 1.54) is 19.3 Å². The van der Waals surface area contributed by atoms with E-state index in [0.717, 1.165) is 12.5 Å². The molecular weight excluding hydrogens is 136 g/mol. The van der Waals surface area contributed by atoms with Gasteiger partial charge in [0, 0.05) is 0 Å². The Bertz CT molecular complexity index is 189. The fourth-order valence-electron chi connectivity index (χ4n) is 1.87. The summed E-state index contributed by atoms with van der Waals surface area (Å²) in [6.45, 7) is 5.46. The molecule has 1 aliphatic carbocycles. The molecule has 0 saturated carbocycles. The van der Waals surface area contributed by atoms with Crippen LogP contribution in [0.25, 0.3) is 0 Å². The number of allylic oxidation sites excluding steroid dienone is 2. The largest absolute Gasteiger partial charge is 0.370 e. The van der Waals surface area contributed by atoms with Crippen LogP contribution in [0.3, 0.4) is 0 Å². The number of hydrogen-bond acceptors (Lipinski definition) is 1. The van der Waals surface area contributed by atoms with Gasteiger partial charge >= 0.3 is 0 Å². The molecule has 2 atom stereocenters. The molecule has 2 aliphatic rings. The van der Waals surface area contributed by atoms with Crippen LogP contribution in [0.15, 0.2) is 11.6 Å². The van der Waals surface area contributed by atoms with Crippen LogP contribution in [0.5, 0.6) is 0 Å². The van der Waals surface area contributed by atoms with E-state index in [-0.39, 0.29) is 5.60 Å². The Kier molecular flexibility index (Phi) is 1.57. The maximum atomic E-state index is 5.44. The fraction of sp³-hybridized carbons (Fsp3) is 0.800. The molecule has 0 aromatic rings. The highest BCUT2D eigenvalue weighted by Crippen LogP contribution is 2.42. The van der Waals surface area contributed by atoms with Gasteiger partial charge in [-0.05, 0) is 39.0 Å². The second kappa shape index (κ2) is 2.34. The summed E-state index contributed by atoms with van der Waals surface area (Å²) in [5, 5.41) is 0. The molecule has 0 radical (unpaired) electrons. The predicted octanol–water partition coefficient (Wildman–Crippen LogP) is 2.52. The van der Waals surface area contributed by atoms with Gasteiger partial charge in [0.1, 0.15) is 0 Å². The van der Waals surface area contributed by atoms with Gasteiger partial charge in [-0.1, -0.05) is 11.6 Å². The van der Waals surface area contributed by atoms with Crippen LogP contribution >= 0.6 is 0 Å². The third-order valence-electron chi connectivity index (χ3n) is 3.10. The highest BCUT2D eigenvalue weighted by Gasteiger charge is 2.46. The number of epoxide rings is 1. The molecule has 0 N–H and O–H groups in total. The van der Waals surface area contributed by atoms with Crippen molar-refractivity contribution < 1.29 is 4.74 Å². The first kappa shape index (κ1) is 7.35. The summed E-state index contributed by atoms with van der Waals surface area (Å²) < 4.78 is 5.44. The molecule has 11 heavy (non-hydrogen) atoms. The highest BCUT2D eigenvalue weighted by molar-refractivity contribution is 5.08. The molecule has 1 fully saturated rings. The third kappa shape index (κ3) is 1.34. The summed E-state index contributed by atoms with van der Waals surface area (Å²) in [7, 11) is 0. The van der Waals surface area contributed by atoms with Gasteiger partial charge in [-0.3, -0.25) is 0 Å². The van der Waals surface area contributed by atoms with Crippen molar-refractivity contribution >= 4 is 0 Å². The summed E-state index contributed by atoms with van der Waals surface area (Å²) >= 11 is 0. The summed E-state index contributed by atoms with van der Waals surface area (Å²) in [5.41, 5.74) is 1.82. The van der Waals surface area contributed by atoms with Gasteiger partial charge in [0.15, 0.2) is 0 Å². The van der Waals surface area contributed by atoms with Crippen LogP contribution in [0.2, 0.25) is 0 Å². The highest BCUT2D eigenvalue weighted by atomic mass is 16.6. The summed E-state index contributed by atoms with van der Waals surface area (Å²) in [6.07, 6.45) is 6.23. The third-order valence-corrected chi connectivity index (χ3v) is 3.10. The van der Waals surface area contributed by atoms with Gasteiger partial charge in [0.2, 0.25) is 0 Å². The second-order valence-electron chi connectivity index (χ2n) is 4.12. The molecule has 1 aliphatic heterocycles. The van der Waals surface area contributed by atoms with Gasteiger partial charge < -0.3 is 4.74 Å². The lowest BCUT2D eigenvalue weighted by molar-refractivity contribution is 0.221. The SMILES string of the molecule is CC1=CCC([C@]2(C)CO2)CC1. The number of rotatable bonds is 1. The smallest absolute Gasteiger partial charge is 0.0919 e. The standard InChI is InChI=1S/C10H16O/c1-8-3-5-9(6-4-8)10(2)7-11-10/h3,9H,4-7H2,1-2H3/t9?,10-/m0/s1. The van der Waals surface area contributed by atoms with E-state index >= 15 is 0 Å². The molecular formula is C10H16O. The number of hydrogen-bond donors (Lipinski definition) is 0. The monoisotopic (exact) mass is 152 g/mol. The van der Waals surface area contributed by atoms with E-state index in [0.29, 0.717) is 0 Å². The van der Waals surface area contributed by atoms with Crippen molar-refractivity contribution in [2.75, 3.05) is 6.61 Å².